The van der Waals surface area contributed by atoms with E-state index in [4.69, 9.17) is 23.2 Å². The summed E-state index contributed by atoms with van der Waals surface area (Å²) >= 11 is 11.8. The largest absolute Gasteiger partial charge is 0.293 e. The van der Waals surface area contributed by atoms with Gasteiger partial charge in [-0.1, -0.05) is 36.2 Å². The lowest BCUT2D eigenvalue weighted by molar-refractivity contribution is 0.0929. The van der Waals surface area contributed by atoms with Gasteiger partial charge >= 0.3 is 0 Å². The molecule has 110 valence electrons. The molecule has 0 fully saturated rings. The van der Waals surface area contributed by atoms with Crippen LogP contribution in [0.3, 0.4) is 0 Å². The number of carbonyl (C=O) groups excluding carboxylic acids is 1. The number of pyridine rings is 1. The van der Waals surface area contributed by atoms with Gasteiger partial charge in [-0.2, -0.15) is 0 Å². The van der Waals surface area contributed by atoms with E-state index in [-0.39, 0.29) is 5.78 Å². The van der Waals surface area contributed by atoms with Crippen LogP contribution in [0, 0.1) is 0 Å². The van der Waals surface area contributed by atoms with Crippen molar-refractivity contribution >= 4 is 29.0 Å². The number of benzene rings is 1. The fourth-order valence-corrected chi connectivity index (χ4v) is 2.26. The Morgan fingerprint density at radius 2 is 2.00 bits per heavy atom. The van der Waals surface area contributed by atoms with Crippen LogP contribution in [0.4, 0.5) is 0 Å². The van der Waals surface area contributed by atoms with Gasteiger partial charge in [-0.25, -0.2) is 0 Å². The molecule has 0 saturated heterocycles. The third kappa shape index (κ3) is 4.53. The minimum absolute atomic E-state index is 0.0198. The number of carbonyl (C=O) groups is 1. The molecule has 0 spiro atoms. The van der Waals surface area contributed by atoms with Crippen molar-refractivity contribution in [3.63, 3.8) is 0 Å². The summed E-state index contributed by atoms with van der Waals surface area (Å²) in [7, 11) is 0. The van der Waals surface area contributed by atoms with Crippen LogP contribution in [0.15, 0.2) is 42.6 Å². The van der Waals surface area contributed by atoms with Gasteiger partial charge in [-0.05, 0) is 36.9 Å². The summed E-state index contributed by atoms with van der Waals surface area (Å²) in [5, 5.41) is 0.851. The maximum atomic E-state index is 12.3. The number of hydrogen-bond acceptors (Lipinski definition) is 3. The molecule has 0 bridgehead atoms. The fraction of sp³-hybridized carbons (Fsp3) is 0.250. The van der Waals surface area contributed by atoms with E-state index in [0.29, 0.717) is 28.7 Å². The summed E-state index contributed by atoms with van der Waals surface area (Å²) in [4.78, 5) is 18.6. The molecule has 1 heterocycles. The fourth-order valence-electron chi connectivity index (χ4n) is 1.96. The quantitative estimate of drug-likeness (QED) is 0.751. The first-order valence-corrected chi connectivity index (χ1v) is 7.46. The number of Topliss-reactive ketones (excluding diaryl/α,β-unsaturated/α-hetero) is 1. The van der Waals surface area contributed by atoms with Crippen LogP contribution >= 0.6 is 23.2 Å². The van der Waals surface area contributed by atoms with Crippen LogP contribution in [-0.4, -0.2) is 28.8 Å². The van der Waals surface area contributed by atoms with Crippen LogP contribution in [0.5, 0.6) is 0 Å². The monoisotopic (exact) mass is 322 g/mol. The zero-order chi connectivity index (χ0) is 15.2. The molecule has 0 amide bonds. The molecule has 0 saturated carbocycles. The van der Waals surface area contributed by atoms with Crippen molar-refractivity contribution in [2.45, 2.75) is 13.5 Å². The van der Waals surface area contributed by atoms with Crippen molar-refractivity contribution in [1.82, 2.24) is 9.88 Å². The Balaban J connectivity index is 2.04. The van der Waals surface area contributed by atoms with Gasteiger partial charge in [0, 0.05) is 18.3 Å². The Hall–Kier alpha value is -1.42. The zero-order valence-electron chi connectivity index (χ0n) is 11.7. The van der Waals surface area contributed by atoms with E-state index in [1.165, 1.54) is 0 Å². The molecule has 0 atom stereocenters. The maximum absolute atomic E-state index is 12.3. The second-order valence-corrected chi connectivity index (χ2v) is 5.49. The molecule has 0 aliphatic carbocycles. The topological polar surface area (TPSA) is 33.2 Å². The van der Waals surface area contributed by atoms with E-state index in [1.807, 2.05) is 30.0 Å². The second-order valence-electron chi connectivity index (χ2n) is 4.68. The van der Waals surface area contributed by atoms with Crippen LogP contribution in [0.2, 0.25) is 10.0 Å². The molecule has 0 radical (unpaired) electrons. The molecule has 0 N–H and O–H groups in total. The summed E-state index contributed by atoms with van der Waals surface area (Å²) in [5.74, 6) is 0.0198. The summed E-state index contributed by atoms with van der Waals surface area (Å²) in [6.07, 6.45) is 1.75. The summed E-state index contributed by atoms with van der Waals surface area (Å²) in [6, 6.07) is 10.7. The summed E-state index contributed by atoms with van der Waals surface area (Å²) in [6.45, 7) is 3.75. The van der Waals surface area contributed by atoms with Crippen molar-refractivity contribution in [2.75, 3.05) is 13.1 Å². The van der Waals surface area contributed by atoms with Gasteiger partial charge < -0.3 is 0 Å². The first kappa shape index (κ1) is 16.0. The molecule has 1 aromatic carbocycles. The highest BCUT2D eigenvalue weighted by Gasteiger charge is 2.13. The normalized spacial score (nSPS) is 10.9. The maximum Gasteiger partial charge on any atom is 0.176 e. The third-order valence-corrected chi connectivity index (χ3v) is 3.91. The Labute approximate surface area is 134 Å². The molecule has 2 aromatic rings. The van der Waals surface area contributed by atoms with E-state index in [9.17, 15) is 4.79 Å². The molecule has 5 heteroatoms. The third-order valence-electron chi connectivity index (χ3n) is 3.17. The first-order chi connectivity index (χ1) is 10.1. The lowest BCUT2D eigenvalue weighted by Gasteiger charge is -2.19. The van der Waals surface area contributed by atoms with E-state index in [2.05, 4.69) is 4.98 Å². The minimum atomic E-state index is 0.0198. The van der Waals surface area contributed by atoms with Crippen LogP contribution < -0.4 is 0 Å². The van der Waals surface area contributed by atoms with E-state index in [1.54, 1.807) is 24.4 Å². The molecular weight excluding hydrogens is 307 g/mol. The molecule has 0 unspecified atom stereocenters. The van der Waals surface area contributed by atoms with Gasteiger partial charge in [-0.15, -0.1) is 0 Å². The average Bonchev–Trinajstić information content (AvgIpc) is 2.50. The number of hydrogen-bond donors (Lipinski definition) is 0. The number of nitrogens with zero attached hydrogens (tertiary/aromatic N) is 2. The van der Waals surface area contributed by atoms with Gasteiger partial charge in [0.1, 0.15) is 0 Å². The SMILES string of the molecule is CCN(CC(=O)c1ccc(Cl)c(Cl)c1)Cc1ccccn1. The second kappa shape index (κ2) is 7.55. The molecule has 21 heavy (non-hydrogen) atoms. The van der Waals surface area contributed by atoms with Gasteiger partial charge in [0.05, 0.1) is 22.3 Å². The smallest absolute Gasteiger partial charge is 0.176 e. The number of aromatic nitrogens is 1. The number of ketones is 1. The van der Waals surface area contributed by atoms with Crippen LogP contribution in [-0.2, 0) is 6.54 Å². The Morgan fingerprint density at radius 1 is 1.19 bits per heavy atom. The Kier molecular flexibility index (Phi) is 5.74. The summed E-state index contributed by atoms with van der Waals surface area (Å²) in [5.41, 5.74) is 1.52. The predicted octanol–water partition coefficient (Wildman–Crippen LogP) is 4.09. The molecule has 3 nitrogen and oxygen atoms in total. The molecule has 0 aliphatic rings. The molecule has 0 aliphatic heterocycles. The lowest BCUT2D eigenvalue weighted by atomic mass is 10.1. The van der Waals surface area contributed by atoms with Crippen molar-refractivity contribution < 1.29 is 4.79 Å². The van der Waals surface area contributed by atoms with Gasteiger partial charge in [0.15, 0.2) is 5.78 Å². The number of rotatable bonds is 6. The zero-order valence-corrected chi connectivity index (χ0v) is 13.2. The minimum Gasteiger partial charge on any atom is -0.293 e. The molecule has 2 rings (SSSR count). The average molecular weight is 323 g/mol. The molecular formula is C16H16Cl2N2O. The van der Waals surface area contributed by atoms with Crippen molar-refractivity contribution in [1.29, 1.82) is 0 Å². The Morgan fingerprint density at radius 3 is 2.62 bits per heavy atom. The Bertz CT molecular complexity index is 617. The van der Waals surface area contributed by atoms with Gasteiger partial charge in [0.2, 0.25) is 0 Å². The van der Waals surface area contributed by atoms with E-state index in [0.717, 1.165) is 12.2 Å². The highest BCUT2D eigenvalue weighted by atomic mass is 35.5. The lowest BCUT2D eigenvalue weighted by Crippen LogP contribution is -2.29. The van der Waals surface area contributed by atoms with Crippen molar-refractivity contribution in [3.05, 3.63) is 63.9 Å². The standard InChI is InChI=1S/C16H16Cl2N2O/c1-2-20(10-13-5-3-4-8-19-13)11-16(21)12-6-7-14(17)15(18)9-12/h3-9H,2,10-11H2,1H3. The number of likely N-dealkylation sites (N-methyl/N-ethyl adjacent to an activating group) is 1. The summed E-state index contributed by atoms with van der Waals surface area (Å²) < 4.78 is 0. The van der Waals surface area contributed by atoms with Crippen LogP contribution in [0.25, 0.3) is 0 Å². The van der Waals surface area contributed by atoms with E-state index >= 15 is 0 Å². The van der Waals surface area contributed by atoms with Gasteiger partial charge in [0.25, 0.3) is 0 Å². The first-order valence-electron chi connectivity index (χ1n) is 6.70. The van der Waals surface area contributed by atoms with Crippen molar-refractivity contribution in [2.24, 2.45) is 0 Å². The van der Waals surface area contributed by atoms with Gasteiger partial charge in [-0.3, -0.25) is 14.7 Å². The van der Waals surface area contributed by atoms with E-state index < -0.39 is 0 Å². The highest BCUT2D eigenvalue weighted by Crippen LogP contribution is 2.23. The van der Waals surface area contributed by atoms with Crippen molar-refractivity contribution in [3.8, 4) is 0 Å². The molecule has 1 aromatic heterocycles. The highest BCUT2D eigenvalue weighted by molar-refractivity contribution is 6.42. The number of halogens is 2. The predicted molar refractivity (Wildman–Crippen MR) is 86.0 cm³/mol. The van der Waals surface area contributed by atoms with Crippen LogP contribution in [0.1, 0.15) is 23.0 Å².